The first kappa shape index (κ1) is 21.9. The van der Waals surface area contributed by atoms with Crippen molar-refractivity contribution in [2.75, 3.05) is 17.3 Å². The predicted molar refractivity (Wildman–Crippen MR) is 127 cm³/mol. The van der Waals surface area contributed by atoms with E-state index in [1.807, 2.05) is 6.26 Å². The molecule has 0 spiro atoms. The molecular formula is C21H22ClN3O2S3. The molecule has 30 heavy (non-hydrogen) atoms. The van der Waals surface area contributed by atoms with E-state index in [4.69, 9.17) is 26.3 Å². The fraction of sp³-hybridized carbons (Fsp3) is 0.381. The summed E-state index contributed by atoms with van der Waals surface area (Å²) in [4.78, 5) is 24.2. The fourth-order valence-electron chi connectivity index (χ4n) is 3.31. The second kappa shape index (κ2) is 9.04. The van der Waals surface area contributed by atoms with Crippen LogP contribution in [0.3, 0.4) is 0 Å². The van der Waals surface area contributed by atoms with Gasteiger partial charge in [0.2, 0.25) is 5.91 Å². The van der Waals surface area contributed by atoms with Gasteiger partial charge in [-0.2, -0.15) is 0 Å². The number of carbonyl (C=O) groups is 1. The Labute approximate surface area is 193 Å². The molecule has 0 unspecified atom stereocenters. The van der Waals surface area contributed by atoms with E-state index >= 15 is 0 Å². The van der Waals surface area contributed by atoms with Crippen LogP contribution in [0.4, 0.5) is 5.69 Å². The summed E-state index contributed by atoms with van der Waals surface area (Å²) in [5, 5.41) is 6.22. The maximum atomic E-state index is 12.5. The quantitative estimate of drug-likeness (QED) is 0.264. The van der Waals surface area contributed by atoms with Crippen molar-refractivity contribution in [3.8, 4) is 0 Å². The Balaban J connectivity index is 1.60. The van der Waals surface area contributed by atoms with Crippen molar-refractivity contribution in [2.45, 2.75) is 49.1 Å². The topological polar surface area (TPSA) is 64.1 Å². The first-order valence-electron chi connectivity index (χ1n) is 9.59. The highest BCUT2D eigenvalue weighted by Gasteiger charge is 2.33. The van der Waals surface area contributed by atoms with Crippen molar-refractivity contribution in [2.24, 2.45) is 0 Å². The van der Waals surface area contributed by atoms with Crippen LogP contribution in [0.15, 0.2) is 34.4 Å². The zero-order valence-electron chi connectivity index (χ0n) is 17.0. The molecule has 9 heteroatoms. The van der Waals surface area contributed by atoms with Crippen LogP contribution >= 0.6 is 46.5 Å². The molecule has 0 radical (unpaired) electrons. The van der Waals surface area contributed by atoms with Crippen LogP contribution in [0.25, 0.3) is 10.2 Å². The molecule has 5 nitrogen and oxygen atoms in total. The van der Waals surface area contributed by atoms with Gasteiger partial charge in [-0.25, -0.2) is 9.97 Å². The van der Waals surface area contributed by atoms with Crippen LogP contribution in [-0.2, 0) is 22.6 Å². The van der Waals surface area contributed by atoms with Gasteiger partial charge in [0.05, 0.1) is 18.0 Å². The van der Waals surface area contributed by atoms with Crippen molar-refractivity contribution >= 4 is 68.3 Å². The fourth-order valence-corrected chi connectivity index (χ4v) is 5.94. The van der Waals surface area contributed by atoms with Crippen molar-refractivity contribution in [3.05, 3.63) is 39.7 Å². The summed E-state index contributed by atoms with van der Waals surface area (Å²) in [5.41, 5.74) is 1.83. The molecule has 0 bridgehead atoms. The number of hydrogen-bond acceptors (Lipinski definition) is 7. The van der Waals surface area contributed by atoms with Crippen LogP contribution in [0, 0.1) is 0 Å². The van der Waals surface area contributed by atoms with Gasteiger partial charge in [-0.1, -0.05) is 42.0 Å². The number of carbonyl (C=O) groups excluding carboxylic acids is 1. The summed E-state index contributed by atoms with van der Waals surface area (Å²) in [5.74, 6) is 0.194. The standard InChI is InChI=1S/C21H22ClN3O2S3/c1-4-21(2)9-14-15(10-27-21)30-19-17(14)18(24-20(25-19)28-3)29-11-16(26)23-13-7-5-12(22)6-8-13/h5-8H,4,9-11H2,1-3H3,(H,23,26)/t21-/m0/s1. The molecule has 0 saturated carbocycles. The van der Waals surface area contributed by atoms with Crippen LogP contribution < -0.4 is 5.32 Å². The third-order valence-electron chi connectivity index (χ3n) is 5.18. The van der Waals surface area contributed by atoms with Gasteiger partial charge in [-0.05, 0) is 49.4 Å². The molecule has 1 aromatic carbocycles. The van der Waals surface area contributed by atoms with Crippen molar-refractivity contribution < 1.29 is 9.53 Å². The van der Waals surface area contributed by atoms with Gasteiger partial charge in [-0.3, -0.25) is 4.79 Å². The van der Waals surface area contributed by atoms with E-state index in [1.54, 1.807) is 35.6 Å². The molecule has 2 aromatic heterocycles. The molecule has 3 heterocycles. The van der Waals surface area contributed by atoms with Crippen LogP contribution in [-0.4, -0.2) is 33.5 Å². The van der Waals surface area contributed by atoms with Crippen LogP contribution in [0.2, 0.25) is 5.02 Å². The lowest BCUT2D eigenvalue weighted by atomic mass is 9.90. The number of hydrogen-bond donors (Lipinski definition) is 1. The van der Waals surface area contributed by atoms with Gasteiger partial charge < -0.3 is 10.1 Å². The molecule has 1 aliphatic heterocycles. The monoisotopic (exact) mass is 479 g/mol. The number of thioether (sulfide) groups is 2. The number of anilines is 1. The van der Waals surface area contributed by atoms with Crippen LogP contribution in [0.5, 0.6) is 0 Å². The maximum absolute atomic E-state index is 12.5. The van der Waals surface area contributed by atoms with Gasteiger partial charge in [0.15, 0.2) is 5.16 Å². The van der Waals surface area contributed by atoms with E-state index in [2.05, 4.69) is 19.2 Å². The van der Waals surface area contributed by atoms with E-state index in [0.29, 0.717) is 11.6 Å². The Morgan fingerprint density at radius 1 is 1.33 bits per heavy atom. The number of nitrogens with zero attached hydrogens (tertiary/aromatic N) is 2. The maximum Gasteiger partial charge on any atom is 0.234 e. The first-order chi connectivity index (χ1) is 14.4. The van der Waals surface area contributed by atoms with E-state index in [0.717, 1.165) is 38.9 Å². The lowest BCUT2D eigenvalue weighted by Crippen LogP contribution is -2.33. The minimum absolute atomic E-state index is 0.0781. The van der Waals surface area contributed by atoms with Crippen molar-refractivity contribution in [1.29, 1.82) is 0 Å². The zero-order valence-corrected chi connectivity index (χ0v) is 20.2. The third-order valence-corrected chi connectivity index (χ3v) is 8.06. The summed E-state index contributed by atoms with van der Waals surface area (Å²) >= 11 is 10.6. The van der Waals surface area contributed by atoms with E-state index < -0.39 is 0 Å². The van der Waals surface area contributed by atoms with Gasteiger partial charge >= 0.3 is 0 Å². The molecule has 4 rings (SSSR count). The SMILES string of the molecule is CC[C@@]1(C)Cc2c(sc3nc(SC)nc(SCC(=O)Nc4ccc(Cl)cc4)c23)CO1. The van der Waals surface area contributed by atoms with E-state index in [1.165, 1.54) is 34.0 Å². The number of aromatic nitrogens is 2. The summed E-state index contributed by atoms with van der Waals surface area (Å²) < 4.78 is 6.12. The molecule has 0 saturated heterocycles. The Hall–Kier alpha value is -1.32. The Morgan fingerprint density at radius 3 is 2.80 bits per heavy atom. The van der Waals surface area contributed by atoms with Crippen molar-refractivity contribution in [1.82, 2.24) is 9.97 Å². The number of halogens is 1. The summed E-state index contributed by atoms with van der Waals surface area (Å²) in [6.45, 7) is 4.91. The number of fused-ring (bicyclic) bond motifs is 3. The lowest BCUT2D eigenvalue weighted by molar-refractivity contribution is -0.113. The van der Waals surface area contributed by atoms with Crippen molar-refractivity contribution in [3.63, 3.8) is 0 Å². The highest BCUT2D eigenvalue weighted by atomic mass is 35.5. The largest absolute Gasteiger partial charge is 0.369 e. The number of amides is 1. The normalized spacial score (nSPS) is 18.4. The minimum atomic E-state index is -0.174. The molecule has 3 aromatic rings. The van der Waals surface area contributed by atoms with Gasteiger partial charge in [0.25, 0.3) is 0 Å². The highest BCUT2D eigenvalue weighted by Crippen LogP contribution is 2.43. The minimum Gasteiger partial charge on any atom is -0.369 e. The number of rotatable bonds is 6. The average molecular weight is 480 g/mol. The Kier molecular flexibility index (Phi) is 6.60. The number of ether oxygens (including phenoxy) is 1. The van der Waals surface area contributed by atoms with Gasteiger partial charge in [0.1, 0.15) is 9.86 Å². The van der Waals surface area contributed by atoms with E-state index in [9.17, 15) is 4.79 Å². The smallest absolute Gasteiger partial charge is 0.234 e. The summed E-state index contributed by atoms with van der Waals surface area (Å²) in [6.07, 6.45) is 3.75. The molecule has 1 amide bonds. The first-order valence-corrected chi connectivity index (χ1v) is 13.0. The number of thiophene rings is 1. The molecule has 1 aliphatic rings. The molecular weight excluding hydrogens is 458 g/mol. The molecule has 1 N–H and O–H groups in total. The summed E-state index contributed by atoms with van der Waals surface area (Å²) in [6, 6.07) is 7.10. The van der Waals surface area contributed by atoms with Gasteiger partial charge in [-0.15, -0.1) is 11.3 Å². The second-order valence-electron chi connectivity index (χ2n) is 7.31. The third kappa shape index (κ3) is 4.62. The molecule has 0 fully saturated rings. The second-order valence-corrected chi connectivity index (χ2v) is 10.6. The van der Waals surface area contributed by atoms with Gasteiger partial charge in [0, 0.05) is 27.4 Å². The zero-order chi connectivity index (χ0) is 21.3. The molecule has 158 valence electrons. The average Bonchev–Trinajstić information content (AvgIpc) is 3.11. The van der Waals surface area contributed by atoms with E-state index in [-0.39, 0.29) is 17.3 Å². The number of nitrogens with one attached hydrogen (secondary N) is 1. The summed E-state index contributed by atoms with van der Waals surface area (Å²) in [7, 11) is 0. The predicted octanol–water partition coefficient (Wildman–Crippen LogP) is 6.04. The number of benzene rings is 1. The molecule has 1 atom stereocenters. The lowest BCUT2D eigenvalue weighted by Gasteiger charge is -2.33. The molecule has 0 aliphatic carbocycles. The van der Waals surface area contributed by atoms with Crippen LogP contribution in [0.1, 0.15) is 30.7 Å². The Morgan fingerprint density at radius 2 is 2.10 bits per heavy atom. The highest BCUT2D eigenvalue weighted by molar-refractivity contribution is 8.00. The Bertz CT molecular complexity index is 1090.